The van der Waals surface area contributed by atoms with Crippen molar-refractivity contribution < 1.29 is 0 Å². The maximum atomic E-state index is 4.90. The number of thiol groups is 1. The molecule has 0 aromatic rings. The maximum Gasteiger partial charge on any atom is 0.00634 e. The molecule has 0 aliphatic rings. The first-order valence-corrected chi connectivity index (χ1v) is 9.21. The number of hydrogen-bond donors (Lipinski definition) is 1. The molecule has 0 nitrogen and oxygen atoms in total. The van der Waals surface area contributed by atoms with Crippen LogP contribution in [0, 0.1) is 10.8 Å². The molecule has 0 heterocycles. The van der Waals surface area contributed by atoms with E-state index in [2.05, 4.69) is 61.5 Å². The average Bonchev–Trinajstić information content (AvgIpc) is 2.49. The zero-order valence-corrected chi connectivity index (χ0v) is 16.7. The summed E-state index contributed by atoms with van der Waals surface area (Å²) >= 11 is 4.90. The third-order valence-electron chi connectivity index (χ3n) is 5.63. The summed E-state index contributed by atoms with van der Waals surface area (Å²) in [6, 6.07) is 0. The number of hydrogen-bond acceptors (Lipinski definition) is 1. The van der Waals surface area contributed by atoms with Gasteiger partial charge in [0.25, 0.3) is 0 Å². The molecule has 0 amide bonds. The summed E-state index contributed by atoms with van der Waals surface area (Å²) in [6.07, 6.45) is 9.59. The Labute approximate surface area is 139 Å². The molecule has 0 aromatic carbocycles. The van der Waals surface area contributed by atoms with Crippen molar-refractivity contribution in [2.24, 2.45) is 10.8 Å². The Morgan fingerprint density at radius 2 is 1.48 bits per heavy atom. The van der Waals surface area contributed by atoms with Crippen molar-refractivity contribution in [3.8, 4) is 0 Å². The van der Waals surface area contributed by atoms with Crippen LogP contribution in [0.25, 0.3) is 0 Å². The van der Waals surface area contributed by atoms with Gasteiger partial charge >= 0.3 is 0 Å². The van der Waals surface area contributed by atoms with Crippen LogP contribution >= 0.6 is 12.6 Å². The molecule has 0 bridgehead atoms. The van der Waals surface area contributed by atoms with Gasteiger partial charge in [0, 0.05) is 4.91 Å². The molecule has 0 aromatic heterocycles. The molecule has 124 valence electrons. The van der Waals surface area contributed by atoms with E-state index in [0.717, 1.165) is 12.8 Å². The zero-order chi connectivity index (χ0) is 16.7. The van der Waals surface area contributed by atoms with Crippen LogP contribution in [0.2, 0.25) is 0 Å². The molecule has 0 unspecified atom stereocenters. The van der Waals surface area contributed by atoms with Crippen molar-refractivity contribution in [1.82, 2.24) is 0 Å². The smallest absolute Gasteiger partial charge is 0.00634 e. The van der Waals surface area contributed by atoms with Crippen LogP contribution in [0.1, 0.15) is 93.9 Å². The lowest BCUT2D eigenvalue weighted by atomic mass is 9.79. The van der Waals surface area contributed by atoms with Gasteiger partial charge in [0.05, 0.1) is 0 Å². The highest BCUT2D eigenvalue weighted by atomic mass is 32.1. The number of allylic oxidation sites excluding steroid dienone is 3. The zero-order valence-electron chi connectivity index (χ0n) is 15.8. The van der Waals surface area contributed by atoms with Gasteiger partial charge in [0.15, 0.2) is 0 Å². The molecular formula is C20H38S. The van der Waals surface area contributed by atoms with Crippen molar-refractivity contribution in [3.05, 3.63) is 22.1 Å². The van der Waals surface area contributed by atoms with E-state index >= 15 is 0 Å². The molecule has 0 fully saturated rings. The highest BCUT2D eigenvalue weighted by Gasteiger charge is 2.22. The van der Waals surface area contributed by atoms with Crippen LogP contribution in [-0.4, -0.2) is 0 Å². The maximum absolute atomic E-state index is 4.90. The SMILES string of the molecule is CCCC(=C/CC(C)(CC)CC)/C(S)=C(\C)C(C)(C)CC. The van der Waals surface area contributed by atoms with Gasteiger partial charge in [-0.1, -0.05) is 79.4 Å². The summed E-state index contributed by atoms with van der Waals surface area (Å²) in [6.45, 7) is 18.4. The normalized spacial score (nSPS) is 15.2. The molecule has 0 atom stereocenters. The molecule has 0 aliphatic heterocycles. The quantitative estimate of drug-likeness (QED) is 0.329. The molecule has 0 saturated heterocycles. The van der Waals surface area contributed by atoms with Crippen LogP contribution in [0.15, 0.2) is 22.1 Å². The lowest BCUT2D eigenvalue weighted by Crippen LogP contribution is -2.14. The fourth-order valence-electron chi connectivity index (χ4n) is 2.32. The van der Waals surface area contributed by atoms with Crippen LogP contribution in [-0.2, 0) is 0 Å². The molecule has 0 spiro atoms. The molecule has 0 N–H and O–H groups in total. The average molecular weight is 311 g/mol. The summed E-state index contributed by atoms with van der Waals surface area (Å²) in [4.78, 5) is 1.23. The highest BCUT2D eigenvalue weighted by molar-refractivity contribution is 7.84. The third-order valence-corrected chi connectivity index (χ3v) is 6.25. The summed E-state index contributed by atoms with van der Waals surface area (Å²) in [5.41, 5.74) is 3.56. The van der Waals surface area contributed by atoms with Crippen molar-refractivity contribution in [3.63, 3.8) is 0 Å². The third kappa shape index (κ3) is 6.22. The molecule has 0 saturated carbocycles. The molecule has 0 radical (unpaired) electrons. The summed E-state index contributed by atoms with van der Waals surface area (Å²) in [5.74, 6) is 0. The first kappa shape index (κ1) is 20.8. The van der Waals surface area contributed by atoms with E-state index in [0.29, 0.717) is 5.41 Å². The first-order valence-electron chi connectivity index (χ1n) is 8.77. The lowest BCUT2D eigenvalue weighted by Gasteiger charge is -2.28. The fourth-order valence-corrected chi connectivity index (χ4v) is 2.83. The van der Waals surface area contributed by atoms with Gasteiger partial charge in [-0.2, -0.15) is 0 Å². The van der Waals surface area contributed by atoms with Crippen molar-refractivity contribution in [2.45, 2.75) is 93.9 Å². The van der Waals surface area contributed by atoms with Gasteiger partial charge in [-0.25, -0.2) is 0 Å². The molecule has 21 heavy (non-hydrogen) atoms. The van der Waals surface area contributed by atoms with E-state index in [1.807, 2.05) is 0 Å². The highest BCUT2D eigenvalue weighted by Crippen LogP contribution is 2.38. The predicted octanol–water partition coefficient (Wildman–Crippen LogP) is 7.57. The first-order chi connectivity index (χ1) is 9.67. The lowest BCUT2D eigenvalue weighted by molar-refractivity contribution is 0.301. The van der Waals surface area contributed by atoms with E-state index in [-0.39, 0.29) is 5.41 Å². The second-order valence-corrected chi connectivity index (χ2v) is 7.86. The van der Waals surface area contributed by atoms with Crippen molar-refractivity contribution in [1.29, 1.82) is 0 Å². The molecule has 0 aliphatic carbocycles. The Hall–Kier alpha value is -0.170. The second kappa shape index (κ2) is 9.08. The second-order valence-electron chi connectivity index (χ2n) is 7.41. The minimum atomic E-state index is 0.239. The van der Waals surface area contributed by atoms with Gasteiger partial charge in [0.1, 0.15) is 0 Å². The van der Waals surface area contributed by atoms with Gasteiger partial charge in [-0.15, -0.1) is 12.6 Å². The monoisotopic (exact) mass is 310 g/mol. The summed E-state index contributed by atoms with van der Waals surface area (Å²) < 4.78 is 0. The van der Waals surface area contributed by atoms with E-state index in [1.165, 1.54) is 41.7 Å². The summed E-state index contributed by atoms with van der Waals surface area (Å²) in [5, 5.41) is 0. The number of rotatable bonds is 9. The Morgan fingerprint density at radius 3 is 1.86 bits per heavy atom. The van der Waals surface area contributed by atoms with Crippen LogP contribution in [0.3, 0.4) is 0 Å². The van der Waals surface area contributed by atoms with Crippen molar-refractivity contribution in [2.75, 3.05) is 0 Å². The van der Waals surface area contributed by atoms with E-state index in [9.17, 15) is 0 Å². The van der Waals surface area contributed by atoms with Crippen LogP contribution < -0.4 is 0 Å². The van der Waals surface area contributed by atoms with Crippen LogP contribution in [0.5, 0.6) is 0 Å². The Balaban J connectivity index is 5.45. The van der Waals surface area contributed by atoms with Gasteiger partial charge in [0.2, 0.25) is 0 Å². The fraction of sp³-hybridized carbons (Fsp3) is 0.800. The van der Waals surface area contributed by atoms with Gasteiger partial charge in [-0.3, -0.25) is 0 Å². The van der Waals surface area contributed by atoms with Crippen molar-refractivity contribution >= 4 is 12.6 Å². The Kier molecular flexibility index (Phi) is 9.00. The Bertz CT molecular complexity index is 367. The van der Waals surface area contributed by atoms with E-state index in [4.69, 9.17) is 12.6 Å². The van der Waals surface area contributed by atoms with Gasteiger partial charge < -0.3 is 0 Å². The minimum Gasteiger partial charge on any atom is -0.143 e. The molecular weight excluding hydrogens is 272 g/mol. The van der Waals surface area contributed by atoms with Crippen LogP contribution in [0.4, 0.5) is 0 Å². The molecule has 0 rings (SSSR count). The Morgan fingerprint density at radius 1 is 0.952 bits per heavy atom. The molecule has 1 heteroatoms. The van der Waals surface area contributed by atoms with E-state index < -0.39 is 0 Å². The van der Waals surface area contributed by atoms with E-state index in [1.54, 1.807) is 0 Å². The minimum absolute atomic E-state index is 0.239. The standard InChI is InChI=1S/C20H38S/c1-9-13-17(14-15-20(8,11-3)12-4)18(21)16(5)19(6,7)10-2/h14,21H,9-13,15H2,1-8H3/b17-14-,18-16-. The predicted molar refractivity (Wildman–Crippen MR) is 102 cm³/mol. The topological polar surface area (TPSA) is 0 Å². The largest absolute Gasteiger partial charge is 0.143 e. The summed E-state index contributed by atoms with van der Waals surface area (Å²) in [7, 11) is 0. The van der Waals surface area contributed by atoms with Gasteiger partial charge in [-0.05, 0) is 42.6 Å².